The fourth-order valence-corrected chi connectivity index (χ4v) is 2.15. The van der Waals surface area contributed by atoms with E-state index in [1.165, 1.54) is 0 Å². The van der Waals surface area contributed by atoms with Gasteiger partial charge in [0.1, 0.15) is 25.5 Å². The maximum Gasteiger partial charge on any atom is 0.408 e. The highest BCUT2D eigenvalue weighted by Gasteiger charge is 2.27. The first-order chi connectivity index (χ1) is 8.22. The summed E-state index contributed by atoms with van der Waals surface area (Å²) in [4.78, 5) is 0. The highest BCUT2D eigenvalue weighted by molar-refractivity contribution is 7.88. The van der Waals surface area contributed by atoms with Crippen LogP contribution in [0.15, 0.2) is 23.1 Å². The highest BCUT2D eigenvalue weighted by Crippen LogP contribution is 2.15. The number of hydrogen-bond acceptors (Lipinski definition) is 2. The van der Waals surface area contributed by atoms with E-state index in [4.69, 9.17) is 0 Å². The van der Waals surface area contributed by atoms with Gasteiger partial charge in [-0.25, -0.2) is 17.7 Å². The third-order valence-corrected chi connectivity index (χ3v) is 3.42. The minimum absolute atomic E-state index is 0.143. The van der Waals surface area contributed by atoms with E-state index in [9.17, 15) is 21.9 Å². The number of alkyl halides is 3. The molecular formula is C9H15F3N3O2S+. The van der Waals surface area contributed by atoms with Gasteiger partial charge in [-0.1, -0.05) is 0 Å². The maximum atomic E-state index is 11.9. The van der Waals surface area contributed by atoms with Gasteiger partial charge in [0.15, 0.2) is 10.0 Å². The molecule has 1 heterocycles. The molecule has 104 valence electrons. The van der Waals surface area contributed by atoms with Gasteiger partial charge in [-0.3, -0.25) is 0 Å². The van der Waals surface area contributed by atoms with E-state index in [0.29, 0.717) is 0 Å². The zero-order valence-corrected chi connectivity index (χ0v) is 10.6. The van der Waals surface area contributed by atoms with Gasteiger partial charge in [0.2, 0.25) is 6.33 Å². The van der Waals surface area contributed by atoms with Crippen molar-refractivity contribution in [2.45, 2.75) is 26.2 Å². The lowest BCUT2D eigenvalue weighted by Gasteiger charge is -2.04. The molecule has 0 aliphatic rings. The van der Waals surface area contributed by atoms with Gasteiger partial charge in [-0.05, 0) is 6.92 Å². The van der Waals surface area contributed by atoms with Crippen molar-refractivity contribution in [2.24, 2.45) is 4.36 Å². The molecule has 0 fully saturated rings. The number of aromatic nitrogens is 2. The Morgan fingerprint density at radius 2 is 2.17 bits per heavy atom. The van der Waals surface area contributed by atoms with Crippen LogP contribution in [0, 0.1) is 0 Å². The van der Waals surface area contributed by atoms with Crippen LogP contribution in [-0.4, -0.2) is 31.8 Å². The SMILES string of the molecule is CCn1cc[n+](CCS(=O)(O)=NCC(F)(F)F)c1. The summed E-state index contributed by atoms with van der Waals surface area (Å²) in [7, 11) is -3.79. The van der Waals surface area contributed by atoms with Gasteiger partial charge in [-0.2, -0.15) is 13.2 Å². The molecule has 9 heteroatoms. The average Bonchev–Trinajstić information content (AvgIpc) is 2.71. The Morgan fingerprint density at radius 1 is 1.50 bits per heavy atom. The first-order valence-electron chi connectivity index (χ1n) is 5.26. The van der Waals surface area contributed by atoms with E-state index in [1.807, 2.05) is 11.5 Å². The summed E-state index contributed by atoms with van der Waals surface area (Å²) in [6.07, 6.45) is 0.609. The predicted molar refractivity (Wildman–Crippen MR) is 59.3 cm³/mol. The van der Waals surface area contributed by atoms with E-state index in [1.54, 1.807) is 23.3 Å². The van der Waals surface area contributed by atoms with Crippen molar-refractivity contribution in [2.75, 3.05) is 12.3 Å². The molecular weight excluding hydrogens is 271 g/mol. The Morgan fingerprint density at radius 3 is 2.67 bits per heavy atom. The summed E-state index contributed by atoms with van der Waals surface area (Å²) < 4.78 is 62.4. The molecule has 0 amide bonds. The number of rotatable bonds is 5. The van der Waals surface area contributed by atoms with E-state index in [0.717, 1.165) is 6.54 Å². The molecule has 0 aromatic carbocycles. The van der Waals surface area contributed by atoms with Crippen molar-refractivity contribution in [3.05, 3.63) is 18.7 Å². The van der Waals surface area contributed by atoms with Gasteiger partial charge in [-0.15, -0.1) is 0 Å². The van der Waals surface area contributed by atoms with E-state index < -0.39 is 22.7 Å². The second-order valence-corrected chi connectivity index (χ2v) is 5.58. The van der Waals surface area contributed by atoms with Crippen molar-refractivity contribution in [3.63, 3.8) is 0 Å². The van der Waals surface area contributed by atoms with E-state index in [2.05, 4.69) is 4.36 Å². The van der Waals surface area contributed by atoms with Gasteiger partial charge >= 0.3 is 6.18 Å². The Hall–Kier alpha value is -1.09. The lowest BCUT2D eigenvalue weighted by atomic mass is 10.7. The Balaban J connectivity index is 2.58. The number of aryl methyl sites for hydroxylation is 2. The molecule has 0 spiro atoms. The van der Waals surface area contributed by atoms with Crippen LogP contribution in [0.2, 0.25) is 0 Å². The predicted octanol–water partition coefficient (Wildman–Crippen LogP) is 1.30. The third kappa shape index (κ3) is 5.50. The molecule has 0 radical (unpaired) electrons. The van der Waals surface area contributed by atoms with Gasteiger partial charge in [0.05, 0.1) is 12.3 Å². The van der Waals surface area contributed by atoms with Crippen molar-refractivity contribution in [3.8, 4) is 0 Å². The van der Waals surface area contributed by atoms with Crippen LogP contribution < -0.4 is 4.57 Å². The summed E-state index contributed by atoms with van der Waals surface area (Å²) >= 11 is 0. The quantitative estimate of drug-likeness (QED) is 0.829. The van der Waals surface area contributed by atoms with Crippen LogP contribution >= 0.6 is 0 Å². The van der Waals surface area contributed by atoms with Crippen molar-refractivity contribution in [1.82, 2.24) is 4.57 Å². The standard InChI is InChI=1S/C9H14F3N3O2S/c1-2-14-3-4-15(8-14)5-6-18(16,17)13-7-9(10,11)12/h3-4,8H,2,5-7H2,1H3/p+1. The minimum Gasteiger partial charge on any atom is -0.300 e. The molecule has 1 atom stereocenters. The zero-order valence-electron chi connectivity index (χ0n) is 9.80. The van der Waals surface area contributed by atoms with Crippen LogP contribution in [0.1, 0.15) is 6.92 Å². The summed E-state index contributed by atoms with van der Waals surface area (Å²) in [5, 5.41) is 0. The first-order valence-corrected chi connectivity index (χ1v) is 6.90. The fourth-order valence-electron chi connectivity index (χ4n) is 1.22. The second-order valence-electron chi connectivity index (χ2n) is 3.70. The monoisotopic (exact) mass is 286 g/mol. The molecule has 18 heavy (non-hydrogen) atoms. The Labute approximate surface area is 103 Å². The van der Waals surface area contributed by atoms with Crippen LogP contribution in [0.3, 0.4) is 0 Å². The van der Waals surface area contributed by atoms with Crippen molar-refractivity contribution in [1.29, 1.82) is 0 Å². The molecule has 1 aromatic rings. The molecule has 0 bridgehead atoms. The summed E-state index contributed by atoms with van der Waals surface area (Å²) in [5.41, 5.74) is 0. The highest BCUT2D eigenvalue weighted by atomic mass is 32.2. The molecule has 1 rings (SSSR count). The zero-order chi connectivity index (χ0) is 13.8. The van der Waals surface area contributed by atoms with Crippen LogP contribution in [0.4, 0.5) is 13.2 Å². The van der Waals surface area contributed by atoms with Crippen LogP contribution in [0.5, 0.6) is 0 Å². The number of halogens is 3. The molecule has 1 aromatic heterocycles. The molecule has 0 aliphatic carbocycles. The molecule has 1 unspecified atom stereocenters. The Kier molecular flexibility index (Phi) is 4.74. The topological polar surface area (TPSA) is 58.5 Å². The largest absolute Gasteiger partial charge is 0.408 e. The first kappa shape index (κ1) is 15.0. The fraction of sp³-hybridized carbons (Fsp3) is 0.667. The maximum absolute atomic E-state index is 11.9. The molecule has 1 N–H and O–H groups in total. The van der Waals surface area contributed by atoms with E-state index >= 15 is 0 Å². The van der Waals surface area contributed by atoms with Crippen molar-refractivity contribution >= 4 is 10.0 Å². The van der Waals surface area contributed by atoms with Crippen molar-refractivity contribution < 1.29 is 26.5 Å². The minimum atomic E-state index is -4.55. The summed E-state index contributed by atoms with van der Waals surface area (Å²) in [6, 6.07) is 0. The lowest BCUT2D eigenvalue weighted by molar-refractivity contribution is -0.692. The van der Waals surface area contributed by atoms with Gasteiger partial charge in [0.25, 0.3) is 0 Å². The second kappa shape index (κ2) is 5.70. The van der Waals surface area contributed by atoms with Gasteiger partial charge in [0, 0.05) is 0 Å². The van der Waals surface area contributed by atoms with Crippen LogP contribution in [0.25, 0.3) is 0 Å². The smallest absolute Gasteiger partial charge is 0.300 e. The van der Waals surface area contributed by atoms with Gasteiger partial charge < -0.3 is 4.55 Å². The number of imidazole rings is 1. The average molecular weight is 286 g/mol. The Bertz CT molecular complexity index is 503. The molecule has 0 saturated heterocycles. The third-order valence-electron chi connectivity index (χ3n) is 2.17. The molecule has 5 nitrogen and oxygen atoms in total. The summed E-state index contributed by atoms with van der Waals surface area (Å²) in [6.45, 7) is 1.23. The molecule has 0 aliphatic heterocycles. The van der Waals surface area contributed by atoms with Crippen LogP contribution in [-0.2, 0) is 23.1 Å². The molecule has 0 saturated carbocycles. The lowest BCUT2D eigenvalue weighted by Crippen LogP contribution is -2.35. The number of hydrogen-bond donors (Lipinski definition) is 1. The van der Waals surface area contributed by atoms with E-state index in [-0.39, 0.29) is 12.3 Å². The number of nitrogens with zero attached hydrogens (tertiary/aromatic N) is 3. The normalized spacial score (nSPS) is 15.4. The summed E-state index contributed by atoms with van der Waals surface area (Å²) in [5.74, 6) is -0.332.